The fourth-order valence-corrected chi connectivity index (χ4v) is 8.10. The summed E-state index contributed by atoms with van der Waals surface area (Å²) in [7, 11) is 0. The summed E-state index contributed by atoms with van der Waals surface area (Å²) in [4.78, 5) is 66.2. The summed E-state index contributed by atoms with van der Waals surface area (Å²) in [5.41, 5.74) is 6.74. The Balaban J connectivity index is 1.64. The Labute approximate surface area is 293 Å². The van der Waals surface area contributed by atoms with Gasteiger partial charge in [0.05, 0.1) is 5.25 Å². The molecular weight excluding hydrogens is 672 g/mol. The van der Waals surface area contributed by atoms with Gasteiger partial charge >= 0.3 is 17.9 Å². The van der Waals surface area contributed by atoms with Gasteiger partial charge in [-0.25, -0.2) is 9.59 Å². The summed E-state index contributed by atoms with van der Waals surface area (Å²) >= 11 is 1.25. The van der Waals surface area contributed by atoms with Crippen LogP contribution in [0, 0.1) is 11.8 Å². The van der Waals surface area contributed by atoms with E-state index in [9.17, 15) is 39.3 Å². The molecule has 2 aliphatic carbocycles. The van der Waals surface area contributed by atoms with Gasteiger partial charge in [-0.2, -0.15) is 0 Å². The molecule has 16 heteroatoms. The zero-order chi connectivity index (χ0) is 36.4. The lowest BCUT2D eigenvalue weighted by molar-refractivity contribution is -0.159. The maximum Gasteiger partial charge on any atom is 0.353 e. The second kappa shape index (κ2) is 17.9. The van der Waals surface area contributed by atoms with Crippen LogP contribution < -0.4 is 16.4 Å². The lowest BCUT2D eigenvalue weighted by Gasteiger charge is -2.34. The van der Waals surface area contributed by atoms with Gasteiger partial charge in [-0.15, -0.1) is 11.8 Å². The number of hydrogen-bond donors (Lipinski definition) is 8. The van der Waals surface area contributed by atoms with E-state index in [-0.39, 0.29) is 24.2 Å². The summed E-state index contributed by atoms with van der Waals surface area (Å²) in [5.74, 6) is -5.84. The molecule has 4 rings (SSSR count). The van der Waals surface area contributed by atoms with E-state index in [0.717, 1.165) is 60.8 Å². The van der Waals surface area contributed by atoms with Gasteiger partial charge < -0.3 is 40.9 Å². The molecule has 6 unspecified atom stereocenters. The van der Waals surface area contributed by atoms with Crippen LogP contribution in [-0.2, 0) is 35.1 Å². The molecular formula is C34H46N4O11S. The van der Waals surface area contributed by atoms with E-state index in [0.29, 0.717) is 31.4 Å². The first-order valence-electron chi connectivity index (χ1n) is 16.8. The molecule has 1 aromatic rings. The number of pyridine rings is 1. The van der Waals surface area contributed by atoms with Crippen LogP contribution in [-0.4, -0.2) is 95.8 Å². The quantitative estimate of drug-likeness (QED) is 0.0677. The molecule has 15 nitrogen and oxygen atoms in total. The lowest BCUT2D eigenvalue weighted by atomic mass is 9.69. The lowest BCUT2D eigenvalue weighted by Crippen LogP contribution is -2.53. The van der Waals surface area contributed by atoms with Crippen LogP contribution in [0.2, 0.25) is 0 Å². The van der Waals surface area contributed by atoms with E-state index >= 15 is 0 Å². The Hall–Kier alpha value is -3.83. The Bertz CT molecular complexity index is 1480. The topological polar surface area (TPSA) is 259 Å². The standard InChI is InChI=1S/C34H46N4O11S/c35-34(48,33(46)47)12-9-25(40)37-23(29(41)38-30(42)31(43)44)18-50-24-8-4-2-1-3-6-20-17-21(16-19-10-13-36-14-11-19)22(7-5-15-39)27-26(20)28(24)49-32(27)45/h10-11,13-14,20,23-24,27,30,39,42,48H,1-9,12,15-18,35H2,(H,37,40)(H,38,41)(H,43,44)(H,46,47). The van der Waals surface area contributed by atoms with Crippen LogP contribution in [0.1, 0.15) is 76.2 Å². The highest BCUT2D eigenvalue weighted by molar-refractivity contribution is 8.00. The number of aliphatic hydroxyl groups is 3. The number of nitrogens with zero attached hydrogens (tertiary/aromatic N) is 1. The monoisotopic (exact) mass is 718 g/mol. The maximum atomic E-state index is 13.8. The number of hydrogen-bond acceptors (Lipinski definition) is 12. The van der Waals surface area contributed by atoms with Crippen LogP contribution in [0.5, 0.6) is 0 Å². The Morgan fingerprint density at radius 2 is 1.78 bits per heavy atom. The normalized spacial score (nSPS) is 23.2. The summed E-state index contributed by atoms with van der Waals surface area (Å²) in [6, 6.07) is 2.51. The average molecular weight is 719 g/mol. The van der Waals surface area contributed by atoms with Gasteiger partial charge in [-0.1, -0.05) is 36.8 Å². The number of thioether (sulfide) groups is 1. The first kappa shape index (κ1) is 39.0. The average Bonchev–Trinajstić information content (AvgIpc) is 3.42. The van der Waals surface area contributed by atoms with Gasteiger partial charge in [0.15, 0.2) is 0 Å². The number of rotatable bonds is 16. The van der Waals surface area contributed by atoms with Crippen LogP contribution >= 0.6 is 11.8 Å². The molecule has 274 valence electrons. The molecule has 0 fully saturated rings. The van der Waals surface area contributed by atoms with Crippen LogP contribution in [0.3, 0.4) is 0 Å². The largest absolute Gasteiger partial charge is 0.478 e. The number of nitrogens with one attached hydrogen (secondary N) is 2. The number of carboxylic acids is 2. The van der Waals surface area contributed by atoms with E-state index in [1.807, 2.05) is 17.4 Å². The van der Waals surface area contributed by atoms with Crippen molar-refractivity contribution in [2.24, 2.45) is 17.6 Å². The van der Waals surface area contributed by atoms with Crippen molar-refractivity contribution >= 4 is 41.5 Å². The Morgan fingerprint density at radius 1 is 1.08 bits per heavy atom. The van der Waals surface area contributed by atoms with Gasteiger partial charge in [-0.3, -0.25) is 25.1 Å². The zero-order valence-corrected chi connectivity index (χ0v) is 28.5. The molecule has 0 spiro atoms. The third kappa shape index (κ3) is 10.1. The fourth-order valence-electron chi connectivity index (χ4n) is 6.77. The van der Waals surface area contributed by atoms with Gasteiger partial charge in [0.2, 0.25) is 23.8 Å². The number of aliphatic carboxylic acids is 2. The molecule has 0 radical (unpaired) electrons. The van der Waals surface area contributed by atoms with Crippen LogP contribution in [0.15, 0.2) is 47.0 Å². The fraction of sp³-hybridized carbons (Fsp3) is 0.588. The maximum absolute atomic E-state index is 13.8. The molecule has 0 saturated carbocycles. The predicted molar refractivity (Wildman–Crippen MR) is 180 cm³/mol. The number of aliphatic hydroxyl groups excluding tert-OH is 2. The van der Waals surface area contributed by atoms with Gasteiger partial charge in [0, 0.05) is 37.6 Å². The van der Waals surface area contributed by atoms with Crippen molar-refractivity contribution in [2.45, 2.75) is 100 Å². The van der Waals surface area contributed by atoms with Gasteiger partial charge in [0.25, 0.3) is 0 Å². The van der Waals surface area contributed by atoms with Crippen LogP contribution in [0.25, 0.3) is 0 Å². The van der Waals surface area contributed by atoms with E-state index in [4.69, 9.17) is 20.7 Å². The Kier molecular flexibility index (Phi) is 13.9. The molecule has 0 aromatic carbocycles. The molecule has 1 aliphatic heterocycles. The molecule has 0 bridgehead atoms. The first-order valence-corrected chi connectivity index (χ1v) is 17.9. The van der Waals surface area contributed by atoms with Crippen molar-refractivity contribution in [3.63, 3.8) is 0 Å². The zero-order valence-electron chi connectivity index (χ0n) is 27.7. The summed E-state index contributed by atoms with van der Waals surface area (Å²) in [5, 5.41) is 51.5. The van der Waals surface area contributed by atoms with E-state index in [1.165, 1.54) is 11.8 Å². The van der Waals surface area contributed by atoms with E-state index < -0.39 is 65.8 Å². The van der Waals surface area contributed by atoms with E-state index in [2.05, 4.69) is 10.3 Å². The Morgan fingerprint density at radius 3 is 2.44 bits per heavy atom. The van der Waals surface area contributed by atoms with Crippen LogP contribution in [0.4, 0.5) is 0 Å². The highest BCUT2D eigenvalue weighted by Gasteiger charge is 2.47. The minimum Gasteiger partial charge on any atom is -0.478 e. The molecule has 1 aromatic heterocycles. The molecule has 2 amide bonds. The number of carbonyl (C=O) groups excluding carboxylic acids is 3. The molecule has 3 aliphatic rings. The summed E-state index contributed by atoms with van der Waals surface area (Å²) in [6.45, 7) is -0.0335. The minimum atomic E-state index is -2.69. The van der Waals surface area contributed by atoms with Crippen molar-refractivity contribution in [1.29, 1.82) is 0 Å². The number of carboxylic acid groups (broad SMARTS) is 2. The third-order valence-corrected chi connectivity index (χ3v) is 10.7. The van der Waals surface area contributed by atoms with Gasteiger partial charge in [-0.05, 0) is 67.7 Å². The molecule has 9 N–H and O–H groups in total. The van der Waals surface area contributed by atoms with Crippen molar-refractivity contribution in [2.75, 3.05) is 12.4 Å². The second-order valence-corrected chi connectivity index (χ2v) is 14.2. The highest BCUT2D eigenvalue weighted by Crippen LogP contribution is 2.51. The SMILES string of the molecule is NC(O)(CCC(=O)NC(CSC1CCCCCCC2CC(Cc3ccncc3)=C(CCCO)C3C(=O)OC1=C23)C(=O)NC(O)C(=O)O)C(=O)O. The van der Waals surface area contributed by atoms with E-state index in [1.54, 1.807) is 12.4 Å². The number of carbonyl (C=O) groups is 5. The second-order valence-electron chi connectivity index (χ2n) is 13.0. The number of amides is 2. The summed E-state index contributed by atoms with van der Waals surface area (Å²) in [6.07, 6.45) is 7.52. The molecule has 0 saturated heterocycles. The van der Waals surface area contributed by atoms with Gasteiger partial charge in [0.1, 0.15) is 17.7 Å². The van der Waals surface area contributed by atoms with Crippen molar-refractivity contribution < 1.29 is 54.2 Å². The molecule has 2 heterocycles. The smallest absolute Gasteiger partial charge is 0.353 e. The number of nitrogens with two attached hydrogens (primary N) is 1. The number of aromatic nitrogens is 1. The highest BCUT2D eigenvalue weighted by atomic mass is 32.2. The molecule has 50 heavy (non-hydrogen) atoms. The number of allylic oxidation sites excluding steroid dienone is 1. The third-order valence-electron chi connectivity index (χ3n) is 9.34. The minimum absolute atomic E-state index is 0.0334. The summed E-state index contributed by atoms with van der Waals surface area (Å²) < 4.78 is 6.11. The van der Waals surface area contributed by atoms with Crippen molar-refractivity contribution in [3.05, 3.63) is 52.6 Å². The van der Waals surface area contributed by atoms with Crippen molar-refractivity contribution in [1.82, 2.24) is 15.6 Å². The number of ether oxygens (including phenoxy) is 1. The van der Waals surface area contributed by atoms with Crippen molar-refractivity contribution in [3.8, 4) is 0 Å². The molecule has 6 atom stereocenters. The first-order chi connectivity index (χ1) is 23.8. The predicted octanol–water partition coefficient (Wildman–Crippen LogP) is 1.11. The number of esters is 1.